The number of amides is 1. The molecular formula is C24H28N2O4. The van der Waals surface area contributed by atoms with Crippen molar-refractivity contribution in [3.05, 3.63) is 71.3 Å². The molecule has 0 spiro atoms. The number of likely N-dealkylation sites (tertiary alicyclic amines) is 1. The summed E-state index contributed by atoms with van der Waals surface area (Å²) in [5.74, 6) is -0.881. The summed E-state index contributed by atoms with van der Waals surface area (Å²) in [7, 11) is 1.55. The summed E-state index contributed by atoms with van der Waals surface area (Å²) in [6, 6.07) is 15.4. The highest BCUT2D eigenvalue weighted by atomic mass is 16.5. The topological polar surface area (TPSA) is 70.1 Å². The number of hydrogen-bond acceptors (Lipinski definition) is 5. The zero-order valence-electron chi connectivity index (χ0n) is 17.7. The van der Waals surface area contributed by atoms with Crippen LogP contribution in [0.15, 0.2) is 60.2 Å². The zero-order chi connectivity index (χ0) is 21.7. The number of methoxy groups -OCH3 is 1. The Kier molecular flexibility index (Phi) is 6.90. The van der Waals surface area contributed by atoms with Gasteiger partial charge >= 0.3 is 0 Å². The summed E-state index contributed by atoms with van der Waals surface area (Å²) < 4.78 is 5.51. The van der Waals surface area contributed by atoms with Gasteiger partial charge < -0.3 is 19.6 Å². The van der Waals surface area contributed by atoms with Gasteiger partial charge in [0.05, 0.1) is 18.7 Å². The van der Waals surface area contributed by atoms with Crippen molar-refractivity contribution in [2.24, 2.45) is 0 Å². The first-order chi connectivity index (χ1) is 14.5. The molecule has 0 saturated carbocycles. The van der Waals surface area contributed by atoms with Crippen LogP contribution in [-0.4, -0.2) is 59.9 Å². The quantitative estimate of drug-likeness (QED) is 0.412. The van der Waals surface area contributed by atoms with Crippen molar-refractivity contribution >= 4 is 17.4 Å². The monoisotopic (exact) mass is 408 g/mol. The van der Waals surface area contributed by atoms with Crippen molar-refractivity contribution in [2.45, 2.75) is 19.9 Å². The van der Waals surface area contributed by atoms with E-state index in [1.165, 1.54) is 0 Å². The predicted molar refractivity (Wildman–Crippen MR) is 116 cm³/mol. The Hall–Kier alpha value is -3.12. The van der Waals surface area contributed by atoms with Crippen molar-refractivity contribution in [2.75, 3.05) is 33.3 Å². The van der Waals surface area contributed by atoms with Gasteiger partial charge in [0.2, 0.25) is 0 Å². The molecule has 0 aliphatic carbocycles. The van der Waals surface area contributed by atoms with Crippen LogP contribution in [0.3, 0.4) is 0 Å². The maximum Gasteiger partial charge on any atom is 0.295 e. The first-order valence-electron chi connectivity index (χ1n) is 10.2. The molecule has 1 unspecified atom stereocenters. The molecule has 30 heavy (non-hydrogen) atoms. The summed E-state index contributed by atoms with van der Waals surface area (Å²) >= 11 is 0. The lowest BCUT2D eigenvalue weighted by molar-refractivity contribution is -0.140. The number of likely N-dealkylation sites (N-methyl/N-ethyl adjacent to an activating group) is 1. The lowest BCUT2D eigenvalue weighted by Gasteiger charge is -2.29. The number of ketones is 1. The van der Waals surface area contributed by atoms with Crippen LogP contribution in [0, 0.1) is 0 Å². The number of ether oxygens (including phenoxy) is 1. The van der Waals surface area contributed by atoms with Crippen molar-refractivity contribution in [3.8, 4) is 5.75 Å². The molecule has 0 bridgehead atoms. The van der Waals surface area contributed by atoms with Crippen molar-refractivity contribution < 1.29 is 19.4 Å². The van der Waals surface area contributed by atoms with Crippen LogP contribution in [0.25, 0.3) is 5.76 Å². The molecule has 158 valence electrons. The molecule has 3 rings (SSSR count). The highest BCUT2D eigenvalue weighted by Crippen LogP contribution is 2.42. The lowest BCUT2D eigenvalue weighted by Crippen LogP contribution is -2.38. The van der Waals surface area contributed by atoms with Crippen LogP contribution in [0.4, 0.5) is 0 Å². The SMILES string of the molecule is CCN(CC)CCN1C(=O)C(=O)/C(=C(\O)c2ccccc2)C1c1ccccc1OC. The summed E-state index contributed by atoms with van der Waals surface area (Å²) in [6.07, 6.45) is 0. The number of carbonyl (C=O) groups excluding carboxylic acids is 2. The molecular weight excluding hydrogens is 380 g/mol. The molecule has 0 aromatic heterocycles. The fourth-order valence-electron chi connectivity index (χ4n) is 3.87. The van der Waals surface area contributed by atoms with Gasteiger partial charge in [0.15, 0.2) is 0 Å². The van der Waals surface area contributed by atoms with E-state index < -0.39 is 17.7 Å². The number of hydrogen-bond donors (Lipinski definition) is 1. The Morgan fingerprint density at radius 3 is 2.30 bits per heavy atom. The van der Waals surface area contributed by atoms with E-state index in [1.807, 2.05) is 24.3 Å². The molecule has 6 heteroatoms. The third-order valence-corrected chi connectivity index (χ3v) is 5.57. The Balaban J connectivity index is 2.13. The molecule has 1 heterocycles. The van der Waals surface area contributed by atoms with E-state index in [0.29, 0.717) is 30.0 Å². The van der Waals surface area contributed by atoms with Crippen molar-refractivity contribution in [1.82, 2.24) is 9.80 Å². The van der Waals surface area contributed by atoms with Crippen LogP contribution in [-0.2, 0) is 9.59 Å². The van der Waals surface area contributed by atoms with Gasteiger partial charge in [-0.3, -0.25) is 9.59 Å². The molecule has 1 fully saturated rings. The average Bonchev–Trinajstić information content (AvgIpc) is 3.04. The standard InChI is InChI=1S/C24H28N2O4/c1-4-25(5-2)15-16-26-21(18-13-9-10-14-19(18)30-3)20(23(28)24(26)29)22(27)17-11-7-6-8-12-17/h6-14,21,27H,4-5,15-16H2,1-3H3/b22-20-. The van der Waals surface area contributed by atoms with E-state index in [2.05, 4.69) is 18.7 Å². The molecule has 2 aromatic rings. The van der Waals surface area contributed by atoms with Gasteiger partial charge in [-0.25, -0.2) is 0 Å². The van der Waals surface area contributed by atoms with Gasteiger partial charge in [-0.1, -0.05) is 62.4 Å². The minimum Gasteiger partial charge on any atom is -0.507 e. The minimum atomic E-state index is -0.711. The van der Waals surface area contributed by atoms with Gasteiger partial charge in [0.25, 0.3) is 11.7 Å². The third kappa shape index (κ3) is 4.09. The summed E-state index contributed by atoms with van der Waals surface area (Å²) in [5.41, 5.74) is 1.27. The van der Waals surface area contributed by atoms with Gasteiger partial charge in [0.1, 0.15) is 11.5 Å². The molecule has 1 atom stereocenters. The maximum absolute atomic E-state index is 13.0. The van der Waals surface area contributed by atoms with E-state index in [9.17, 15) is 14.7 Å². The first kappa shape index (κ1) is 21.6. The molecule has 2 aromatic carbocycles. The fraction of sp³-hybridized carbons (Fsp3) is 0.333. The molecule has 1 aliphatic heterocycles. The second kappa shape index (κ2) is 9.59. The molecule has 0 radical (unpaired) electrons. The van der Waals surface area contributed by atoms with E-state index in [1.54, 1.807) is 42.3 Å². The Morgan fingerprint density at radius 2 is 1.67 bits per heavy atom. The predicted octanol–water partition coefficient (Wildman–Crippen LogP) is 3.46. The van der Waals surface area contributed by atoms with Gasteiger partial charge in [-0.05, 0) is 19.2 Å². The Bertz CT molecular complexity index is 935. The van der Waals surface area contributed by atoms with Crippen molar-refractivity contribution in [1.29, 1.82) is 0 Å². The van der Waals surface area contributed by atoms with Gasteiger partial charge in [0, 0.05) is 24.2 Å². The molecule has 6 nitrogen and oxygen atoms in total. The maximum atomic E-state index is 13.0. The van der Waals surface area contributed by atoms with Crippen molar-refractivity contribution in [3.63, 3.8) is 0 Å². The molecule has 1 N–H and O–H groups in total. The first-order valence-corrected chi connectivity index (χ1v) is 10.2. The Morgan fingerprint density at radius 1 is 1.03 bits per heavy atom. The lowest BCUT2D eigenvalue weighted by atomic mass is 9.94. The van der Waals surface area contributed by atoms with E-state index in [0.717, 1.165) is 13.1 Å². The summed E-state index contributed by atoms with van der Waals surface area (Å²) in [6.45, 7) is 6.83. The zero-order valence-corrected chi connectivity index (χ0v) is 17.7. The van der Waals surface area contributed by atoms with Crippen LogP contribution in [0.1, 0.15) is 31.0 Å². The molecule has 1 aliphatic rings. The smallest absolute Gasteiger partial charge is 0.295 e. The normalized spacial score (nSPS) is 18.3. The summed E-state index contributed by atoms with van der Waals surface area (Å²) in [4.78, 5) is 29.8. The van der Waals surface area contributed by atoms with E-state index in [-0.39, 0.29) is 11.3 Å². The number of carbonyl (C=O) groups is 2. The fourth-order valence-corrected chi connectivity index (χ4v) is 3.87. The number of nitrogens with zero attached hydrogens (tertiary/aromatic N) is 2. The Labute approximate surface area is 177 Å². The van der Waals surface area contributed by atoms with E-state index >= 15 is 0 Å². The average molecular weight is 408 g/mol. The van der Waals surface area contributed by atoms with Crippen LogP contribution in [0.2, 0.25) is 0 Å². The highest BCUT2D eigenvalue weighted by molar-refractivity contribution is 6.46. The van der Waals surface area contributed by atoms with Crippen LogP contribution >= 0.6 is 0 Å². The van der Waals surface area contributed by atoms with Crippen LogP contribution in [0.5, 0.6) is 5.75 Å². The number of aliphatic hydroxyl groups excluding tert-OH is 1. The van der Waals surface area contributed by atoms with Gasteiger partial charge in [-0.2, -0.15) is 0 Å². The largest absolute Gasteiger partial charge is 0.507 e. The second-order valence-electron chi connectivity index (χ2n) is 7.13. The second-order valence-corrected chi connectivity index (χ2v) is 7.13. The molecule has 1 saturated heterocycles. The number of benzene rings is 2. The number of aliphatic hydroxyl groups is 1. The number of Topliss-reactive ketones (excluding diaryl/α,β-unsaturated/α-hetero) is 1. The van der Waals surface area contributed by atoms with E-state index in [4.69, 9.17) is 4.74 Å². The molecule has 1 amide bonds. The number of para-hydroxylation sites is 1. The van der Waals surface area contributed by atoms with Crippen LogP contribution < -0.4 is 4.74 Å². The summed E-state index contributed by atoms with van der Waals surface area (Å²) in [5, 5.41) is 11.0. The third-order valence-electron chi connectivity index (χ3n) is 5.57. The van der Waals surface area contributed by atoms with Gasteiger partial charge in [-0.15, -0.1) is 0 Å². The highest BCUT2D eigenvalue weighted by Gasteiger charge is 2.46. The number of rotatable bonds is 8. The minimum absolute atomic E-state index is 0.0928.